The number of hydrogen-bond acceptors (Lipinski definition) is 5. The number of amidine groups is 1. The molecule has 1 aliphatic rings. The smallest absolute Gasteiger partial charge is 0.387 e. The molecule has 2 heterocycles. The second-order valence-electron chi connectivity index (χ2n) is 6.54. The first kappa shape index (κ1) is 18.7. The minimum Gasteiger partial charge on any atom is -0.435 e. The molecular formula is C22H18F2N4O. The summed E-state index contributed by atoms with van der Waals surface area (Å²) >= 11 is 0. The number of aryl methyl sites for hydroxylation is 1. The first-order chi connectivity index (χ1) is 14.1. The first-order valence-electron chi connectivity index (χ1n) is 9.05. The second-order valence-corrected chi connectivity index (χ2v) is 6.54. The van der Waals surface area contributed by atoms with Gasteiger partial charge in [0.15, 0.2) is 0 Å². The van der Waals surface area contributed by atoms with Gasteiger partial charge in [-0.2, -0.15) is 8.78 Å². The zero-order valence-corrected chi connectivity index (χ0v) is 15.6. The number of fused-ring (bicyclic) bond motifs is 1. The molecule has 0 aliphatic carbocycles. The molecule has 0 radical (unpaired) electrons. The van der Waals surface area contributed by atoms with E-state index in [1.165, 1.54) is 12.1 Å². The van der Waals surface area contributed by atoms with E-state index in [4.69, 9.17) is 4.99 Å². The van der Waals surface area contributed by atoms with Crippen molar-refractivity contribution in [2.24, 2.45) is 4.99 Å². The van der Waals surface area contributed by atoms with Crippen molar-refractivity contribution < 1.29 is 13.5 Å². The summed E-state index contributed by atoms with van der Waals surface area (Å²) in [5.74, 6) is 0.681. The molecule has 0 amide bonds. The summed E-state index contributed by atoms with van der Waals surface area (Å²) in [6.07, 6.45) is 7.57. The van der Waals surface area contributed by atoms with Crippen LogP contribution >= 0.6 is 0 Å². The number of anilines is 1. The van der Waals surface area contributed by atoms with Crippen LogP contribution in [0.4, 0.5) is 14.5 Å². The topological polar surface area (TPSA) is 59.4 Å². The van der Waals surface area contributed by atoms with Crippen LogP contribution in [-0.2, 0) is 6.42 Å². The SMILES string of the molecule is Cc1ccc2c(c1)C(Nc1cccc(OC(F)F)c1)=NC(c1cnccn1)=CC2. The molecule has 1 aromatic heterocycles. The molecule has 5 nitrogen and oxygen atoms in total. The number of ether oxygens (including phenoxy) is 1. The maximum atomic E-state index is 12.6. The summed E-state index contributed by atoms with van der Waals surface area (Å²) in [5.41, 5.74) is 5.08. The predicted octanol–water partition coefficient (Wildman–Crippen LogP) is 4.84. The zero-order chi connectivity index (χ0) is 20.2. The molecule has 2 aromatic carbocycles. The van der Waals surface area contributed by atoms with E-state index in [0.717, 1.165) is 16.7 Å². The van der Waals surface area contributed by atoms with Crippen LogP contribution in [0.25, 0.3) is 5.70 Å². The number of nitrogens with one attached hydrogen (secondary N) is 1. The maximum absolute atomic E-state index is 12.6. The Kier molecular flexibility index (Phi) is 5.29. The third kappa shape index (κ3) is 4.45. The first-order valence-corrected chi connectivity index (χ1v) is 9.05. The minimum atomic E-state index is -2.88. The highest BCUT2D eigenvalue weighted by Gasteiger charge is 2.16. The van der Waals surface area contributed by atoms with Crippen LogP contribution in [0, 0.1) is 6.92 Å². The van der Waals surface area contributed by atoms with Gasteiger partial charge < -0.3 is 10.1 Å². The standard InChI is InChI=1S/C22H18F2N4O/c1-14-5-6-15-7-8-19(20-13-25-9-10-26-20)28-21(18(15)11-14)27-16-3-2-4-17(12-16)29-22(23)24/h2-6,8-13,22H,7H2,1H3,(H,27,28). The van der Waals surface area contributed by atoms with Gasteiger partial charge >= 0.3 is 6.61 Å². The molecule has 29 heavy (non-hydrogen) atoms. The van der Waals surface area contributed by atoms with E-state index >= 15 is 0 Å². The molecule has 0 unspecified atom stereocenters. The Morgan fingerprint density at radius 1 is 1.10 bits per heavy atom. The quantitative estimate of drug-likeness (QED) is 0.690. The van der Waals surface area contributed by atoms with E-state index in [1.54, 1.807) is 30.7 Å². The van der Waals surface area contributed by atoms with Gasteiger partial charge in [-0.25, -0.2) is 4.99 Å². The Morgan fingerprint density at radius 3 is 2.79 bits per heavy atom. The molecular weight excluding hydrogens is 374 g/mol. The summed E-state index contributed by atoms with van der Waals surface area (Å²) in [6.45, 7) is -0.869. The lowest BCUT2D eigenvalue weighted by molar-refractivity contribution is -0.0497. The van der Waals surface area contributed by atoms with Gasteiger partial charge in [0.2, 0.25) is 0 Å². The number of aromatic nitrogens is 2. The molecule has 1 aliphatic heterocycles. The number of allylic oxidation sites excluding steroid dienone is 1. The Morgan fingerprint density at radius 2 is 2.00 bits per heavy atom. The highest BCUT2D eigenvalue weighted by molar-refractivity contribution is 6.11. The Labute approximate surface area is 166 Å². The van der Waals surface area contributed by atoms with E-state index < -0.39 is 6.61 Å². The van der Waals surface area contributed by atoms with Gasteiger partial charge in [-0.3, -0.25) is 9.97 Å². The molecule has 4 rings (SSSR count). The average Bonchev–Trinajstić information content (AvgIpc) is 2.88. The summed E-state index contributed by atoms with van der Waals surface area (Å²) in [7, 11) is 0. The lowest BCUT2D eigenvalue weighted by Gasteiger charge is -2.14. The van der Waals surface area contributed by atoms with Gasteiger partial charge in [-0.15, -0.1) is 0 Å². The van der Waals surface area contributed by atoms with Crippen LogP contribution in [0.1, 0.15) is 22.4 Å². The second kappa shape index (κ2) is 8.18. The van der Waals surface area contributed by atoms with E-state index in [1.807, 2.05) is 19.1 Å². The third-order valence-corrected chi connectivity index (χ3v) is 4.42. The monoisotopic (exact) mass is 392 g/mol. The number of alkyl halides is 2. The van der Waals surface area contributed by atoms with Gasteiger partial charge in [0, 0.05) is 29.7 Å². The van der Waals surface area contributed by atoms with Crippen LogP contribution in [-0.4, -0.2) is 22.4 Å². The van der Waals surface area contributed by atoms with Crippen molar-refractivity contribution in [1.29, 1.82) is 0 Å². The van der Waals surface area contributed by atoms with E-state index in [2.05, 4.69) is 32.2 Å². The van der Waals surface area contributed by atoms with E-state index in [-0.39, 0.29) is 5.75 Å². The molecule has 0 saturated heterocycles. The molecule has 0 bridgehead atoms. The van der Waals surface area contributed by atoms with E-state index in [9.17, 15) is 8.78 Å². The number of hydrogen-bond donors (Lipinski definition) is 1. The molecule has 0 spiro atoms. The van der Waals surface area contributed by atoms with Crippen LogP contribution in [0.2, 0.25) is 0 Å². The van der Waals surface area contributed by atoms with Gasteiger partial charge in [0.1, 0.15) is 17.3 Å². The van der Waals surface area contributed by atoms with Gasteiger partial charge in [0.05, 0.1) is 11.9 Å². The maximum Gasteiger partial charge on any atom is 0.387 e. The van der Waals surface area contributed by atoms with Crippen molar-refractivity contribution in [1.82, 2.24) is 9.97 Å². The van der Waals surface area contributed by atoms with Gasteiger partial charge in [-0.1, -0.05) is 29.8 Å². The summed E-state index contributed by atoms with van der Waals surface area (Å²) in [5, 5.41) is 3.25. The molecule has 146 valence electrons. The number of rotatable bonds is 4. The molecule has 1 N–H and O–H groups in total. The van der Waals surface area contributed by atoms with Crippen LogP contribution in [0.5, 0.6) is 5.75 Å². The van der Waals surface area contributed by atoms with Crippen molar-refractivity contribution in [3.63, 3.8) is 0 Å². The number of halogens is 2. The van der Waals surface area contributed by atoms with Gasteiger partial charge in [-0.05, 0) is 37.1 Å². The largest absolute Gasteiger partial charge is 0.435 e. The Hall–Kier alpha value is -3.61. The molecule has 0 saturated carbocycles. The third-order valence-electron chi connectivity index (χ3n) is 4.42. The lowest BCUT2D eigenvalue weighted by atomic mass is 10.0. The molecule has 7 heteroatoms. The fraction of sp³-hybridized carbons (Fsp3) is 0.136. The van der Waals surface area contributed by atoms with Crippen LogP contribution in [0.15, 0.2) is 72.1 Å². The Bertz CT molecular complexity index is 1080. The summed E-state index contributed by atoms with van der Waals surface area (Å²) in [4.78, 5) is 13.3. The number of nitrogens with zero attached hydrogens (tertiary/aromatic N) is 3. The van der Waals surface area contributed by atoms with Crippen LogP contribution < -0.4 is 10.1 Å². The van der Waals surface area contributed by atoms with Crippen LogP contribution in [0.3, 0.4) is 0 Å². The normalized spacial score (nSPS) is 13.2. The minimum absolute atomic E-state index is 0.0772. The number of benzene rings is 2. The molecule has 0 fully saturated rings. The predicted molar refractivity (Wildman–Crippen MR) is 108 cm³/mol. The highest BCUT2D eigenvalue weighted by atomic mass is 19.3. The highest BCUT2D eigenvalue weighted by Crippen LogP contribution is 2.26. The van der Waals surface area contributed by atoms with E-state index in [0.29, 0.717) is 29.3 Å². The van der Waals surface area contributed by atoms with Crippen molar-refractivity contribution in [2.75, 3.05) is 5.32 Å². The molecule has 0 atom stereocenters. The van der Waals surface area contributed by atoms with Crippen molar-refractivity contribution in [3.05, 3.63) is 89.5 Å². The molecule has 3 aromatic rings. The number of aliphatic imine (C=N–C) groups is 1. The van der Waals surface area contributed by atoms with Gasteiger partial charge in [0.25, 0.3) is 0 Å². The Balaban J connectivity index is 1.75. The summed E-state index contributed by atoms with van der Waals surface area (Å²) < 4.78 is 29.6. The summed E-state index contributed by atoms with van der Waals surface area (Å²) in [6, 6.07) is 12.6. The van der Waals surface area contributed by atoms with Crippen molar-refractivity contribution in [3.8, 4) is 5.75 Å². The lowest BCUT2D eigenvalue weighted by Crippen LogP contribution is -2.15. The fourth-order valence-corrected chi connectivity index (χ4v) is 3.10. The van der Waals surface area contributed by atoms with Crippen molar-refractivity contribution >= 4 is 17.2 Å². The average molecular weight is 392 g/mol. The zero-order valence-electron chi connectivity index (χ0n) is 15.6. The van der Waals surface area contributed by atoms with Crippen molar-refractivity contribution in [2.45, 2.75) is 20.0 Å². The fourth-order valence-electron chi connectivity index (χ4n) is 3.10.